The molecule has 1 aromatic carbocycles. The molecule has 0 aliphatic carbocycles. The molecule has 0 bridgehead atoms. The molecule has 4 heteroatoms. The Labute approximate surface area is 105 Å². The number of aromatic nitrogens is 1. The first-order valence-electron chi connectivity index (χ1n) is 5.63. The molecule has 0 saturated heterocycles. The van der Waals surface area contributed by atoms with Gasteiger partial charge in [-0.2, -0.15) is 0 Å². The Morgan fingerprint density at radius 2 is 2.11 bits per heavy atom. The van der Waals surface area contributed by atoms with Crippen molar-refractivity contribution in [3.63, 3.8) is 0 Å². The quantitative estimate of drug-likeness (QED) is 0.866. The summed E-state index contributed by atoms with van der Waals surface area (Å²) in [5, 5.41) is 11.8. The summed E-state index contributed by atoms with van der Waals surface area (Å²) >= 11 is 0. The van der Waals surface area contributed by atoms with E-state index in [1.54, 1.807) is 12.1 Å². The van der Waals surface area contributed by atoms with Crippen LogP contribution in [0.2, 0.25) is 0 Å². The van der Waals surface area contributed by atoms with Crippen molar-refractivity contribution >= 4 is 11.6 Å². The average Bonchev–Trinajstić information content (AvgIpc) is 2.41. The fourth-order valence-corrected chi connectivity index (χ4v) is 1.61. The molecule has 0 aliphatic rings. The maximum absolute atomic E-state index is 12.0. The molecule has 2 aromatic rings. The van der Waals surface area contributed by atoms with Crippen LogP contribution in [-0.4, -0.2) is 16.0 Å². The summed E-state index contributed by atoms with van der Waals surface area (Å²) < 4.78 is 0. The molecule has 0 unspecified atom stereocenters. The lowest BCUT2D eigenvalue weighted by Gasteiger charge is -2.08. The average molecular weight is 242 g/mol. The second-order valence-electron chi connectivity index (χ2n) is 3.96. The third-order valence-corrected chi connectivity index (χ3v) is 2.63. The standard InChI is InChI=1S/C14H14N2O2/c1-10-4-2-3-5-13(10)16-14(18)11-6-7-15-12(8-11)9-17/h2-8,17H,9H2,1H3,(H,16,18). The Balaban J connectivity index is 2.19. The van der Waals surface area contributed by atoms with Crippen molar-refractivity contribution in [2.24, 2.45) is 0 Å². The second-order valence-corrected chi connectivity index (χ2v) is 3.96. The summed E-state index contributed by atoms with van der Waals surface area (Å²) in [6.45, 7) is 1.76. The molecule has 0 radical (unpaired) electrons. The zero-order valence-corrected chi connectivity index (χ0v) is 10.1. The lowest BCUT2D eigenvalue weighted by Crippen LogP contribution is -2.13. The summed E-state index contributed by atoms with van der Waals surface area (Å²) in [4.78, 5) is 15.9. The molecular weight excluding hydrogens is 228 g/mol. The number of rotatable bonds is 3. The first kappa shape index (κ1) is 12.3. The number of hydrogen-bond acceptors (Lipinski definition) is 3. The molecule has 92 valence electrons. The number of aryl methyl sites for hydroxylation is 1. The molecule has 18 heavy (non-hydrogen) atoms. The monoisotopic (exact) mass is 242 g/mol. The first-order chi connectivity index (χ1) is 8.70. The summed E-state index contributed by atoms with van der Waals surface area (Å²) in [5.41, 5.74) is 2.75. The first-order valence-corrected chi connectivity index (χ1v) is 5.63. The molecule has 1 aromatic heterocycles. The molecule has 4 nitrogen and oxygen atoms in total. The number of amides is 1. The van der Waals surface area contributed by atoms with E-state index in [2.05, 4.69) is 10.3 Å². The number of nitrogens with zero attached hydrogens (tertiary/aromatic N) is 1. The van der Waals surface area contributed by atoms with Crippen LogP contribution in [0.25, 0.3) is 0 Å². The largest absolute Gasteiger partial charge is 0.390 e. The SMILES string of the molecule is Cc1ccccc1NC(=O)c1ccnc(CO)c1. The van der Waals surface area contributed by atoms with E-state index in [0.717, 1.165) is 11.3 Å². The number of nitrogens with one attached hydrogen (secondary N) is 1. The molecule has 0 spiro atoms. The third-order valence-electron chi connectivity index (χ3n) is 2.63. The van der Waals surface area contributed by atoms with Gasteiger partial charge < -0.3 is 10.4 Å². The van der Waals surface area contributed by atoms with E-state index in [9.17, 15) is 4.79 Å². The number of carbonyl (C=O) groups is 1. The summed E-state index contributed by atoms with van der Waals surface area (Å²) in [7, 11) is 0. The van der Waals surface area contributed by atoms with Gasteiger partial charge in [0.15, 0.2) is 0 Å². The van der Waals surface area contributed by atoms with Gasteiger partial charge in [-0.15, -0.1) is 0 Å². The van der Waals surface area contributed by atoms with Crippen LogP contribution in [0.15, 0.2) is 42.6 Å². The van der Waals surface area contributed by atoms with E-state index in [1.807, 2.05) is 31.2 Å². The fraction of sp³-hybridized carbons (Fsp3) is 0.143. The number of aliphatic hydroxyl groups is 1. The zero-order chi connectivity index (χ0) is 13.0. The van der Waals surface area contributed by atoms with Gasteiger partial charge in [0, 0.05) is 17.4 Å². The van der Waals surface area contributed by atoms with E-state index in [0.29, 0.717) is 11.3 Å². The van der Waals surface area contributed by atoms with E-state index >= 15 is 0 Å². The van der Waals surface area contributed by atoms with Crippen LogP contribution in [0.4, 0.5) is 5.69 Å². The number of pyridine rings is 1. The molecule has 1 amide bonds. The maximum Gasteiger partial charge on any atom is 0.255 e. The van der Waals surface area contributed by atoms with Gasteiger partial charge in [0.05, 0.1) is 12.3 Å². The Bertz CT molecular complexity index is 567. The number of anilines is 1. The minimum atomic E-state index is -0.207. The van der Waals surface area contributed by atoms with Gasteiger partial charge in [-0.3, -0.25) is 9.78 Å². The van der Waals surface area contributed by atoms with Gasteiger partial charge in [0.2, 0.25) is 0 Å². The van der Waals surface area contributed by atoms with Crippen molar-refractivity contribution in [1.29, 1.82) is 0 Å². The fourth-order valence-electron chi connectivity index (χ4n) is 1.61. The Kier molecular flexibility index (Phi) is 3.69. The Hall–Kier alpha value is -2.20. The van der Waals surface area contributed by atoms with Crippen LogP contribution >= 0.6 is 0 Å². The summed E-state index contributed by atoms with van der Waals surface area (Å²) in [6, 6.07) is 10.8. The van der Waals surface area contributed by atoms with Crippen molar-refractivity contribution in [3.8, 4) is 0 Å². The summed E-state index contributed by atoms with van der Waals surface area (Å²) in [5.74, 6) is -0.207. The minimum absolute atomic E-state index is 0.175. The third kappa shape index (κ3) is 2.73. The zero-order valence-electron chi connectivity index (χ0n) is 10.1. The molecule has 0 fully saturated rings. The highest BCUT2D eigenvalue weighted by molar-refractivity contribution is 6.04. The van der Waals surface area contributed by atoms with Crippen LogP contribution < -0.4 is 5.32 Å². The number of hydrogen-bond donors (Lipinski definition) is 2. The van der Waals surface area contributed by atoms with E-state index < -0.39 is 0 Å². The van der Waals surface area contributed by atoms with Gasteiger partial charge in [0.25, 0.3) is 5.91 Å². The minimum Gasteiger partial charge on any atom is -0.390 e. The van der Waals surface area contributed by atoms with Gasteiger partial charge >= 0.3 is 0 Å². The van der Waals surface area contributed by atoms with Crippen LogP contribution in [0.3, 0.4) is 0 Å². The van der Waals surface area contributed by atoms with Crippen molar-refractivity contribution < 1.29 is 9.90 Å². The van der Waals surface area contributed by atoms with Gasteiger partial charge in [-0.1, -0.05) is 18.2 Å². The normalized spacial score (nSPS) is 10.1. The van der Waals surface area contributed by atoms with Crippen molar-refractivity contribution in [2.75, 3.05) is 5.32 Å². The van der Waals surface area contributed by atoms with Crippen LogP contribution in [0, 0.1) is 6.92 Å². The molecule has 2 rings (SSSR count). The summed E-state index contributed by atoms with van der Waals surface area (Å²) in [6.07, 6.45) is 1.51. The van der Waals surface area contributed by atoms with Crippen molar-refractivity contribution in [3.05, 3.63) is 59.4 Å². The highest BCUT2D eigenvalue weighted by Gasteiger charge is 2.08. The smallest absolute Gasteiger partial charge is 0.255 e. The predicted molar refractivity (Wildman–Crippen MR) is 69.3 cm³/mol. The second kappa shape index (κ2) is 5.42. The van der Waals surface area contributed by atoms with Crippen LogP contribution in [0.1, 0.15) is 21.6 Å². The van der Waals surface area contributed by atoms with Crippen LogP contribution in [-0.2, 0) is 6.61 Å². The van der Waals surface area contributed by atoms with E-state index in [-0.39, 0.29) is 12.5 Å². The van der Waals surface area contributed by atoms with Gasteiger partial charge in [-0.25, -0.2) is 0 Å². The number of carbonyl (C=O) groups excluding carboxylic acids is 1. The number of para-hydroxylation sites is 1. The molecule has 0 saturated carbocycles. The topological polar surface area (TPSA) is 62.2 Å². The van der Waals surface area contributed by atoms with Crippen molar-refractivity contribution in [2.45, 2.75) is 13.5 Å². The highest BCUT2D eigenvalue weighted by atomic mass is 16.3. The number of benzene rings is 1. The predicted octanol–water partition coefficient (Wildman–Crippen LogP) is 2.13. The maximum atomic E-state index is 12.0. The number of aliphatic hydroxyl groups excluding tert-OH is 1. The highest BCUT2D eigenvalue weighted by Crippen LogP contribution is 2.14. The van der Waals surface area contributed by atoms with Crippen LogP contribution in [0.5, 0.6) is 0 Å². The molecule has 1 heterocycles. The van der Waals surface area contributed by atoms with Gasteiger partial charge in [0.1, 0.15) is 0 Å². The Morgan fingerprint density at radius 3 is 2.83 bits per heavy atom. The molecule has 0 aliphatic heterocycles. The van der Waals surface area contributed by atoms with E-state index in [1.165, 1.54) is 6.20 Å². The molecular formula is C14H14N2O2. The molecule has 0 atom stereocenters. The van der Waals surface area contributed by atoms with Crippen molar-refractivity contribution in [1.82, 2.24) is 4.98 Å². The van der Waals surface area contributed by atoms with E-state index in [4.69, 9.17) is 5.11 Å². The molecule has 2 N–H and O–H groups in total. The lowest BCUT2D eigenvalue weighted by atomic mass is 10.1. The lowest BCUT2D eigenvalue weighted by molar-refractivity contribution is 0.102. The Morgan fingerprint density at radius 1 is 1.33 bits per heavy atom. The van der Waals surface area contributed by atoms with Gasteiger partial charge in [-0.05, 0) is 30.7 Å².